The van der Waals surface area contributed by atoms with Crippen LogP contribution in [0.1, 0.15) is 5.56 Å². The maximum Gasteiger partial charge on any atom is 0.290 e. The predicted molar refractivity (Wildman–Crippen MR) is 65.2 cm³/mol. The average molecular weight is 258 g/mol. The zero-order chi connectivity index (χ0) is 12.1. The lowest BCUT2D eigenvalue weighted by molar-refractivity contribution is -0.122. The Labute approximate surface area is 103 Å². The van der Waals surface area contributed by atoms with E-state index >= 15 is 0 Å². The van der Waals surface area contributed by atoms with Gasteiger partial charge in [-0.3, -0.25) is 4.79 Å². The van der Waals surface area contributed by atoms with Gasteiger partial charge in [0.2, 0.25) is 0 Å². The van der Waals surface area contributed by atoms with Gasteiger partial charge in [0.25, 0.3) is 6.47 Å². The van der Waals surface area contributed by atoms with Gasteiger partial charge in [0.05, 0.1) is 10.5 Å². The third-order valence-electron chi connectivity index (χ3n) is 1.88. The predicted octanol–water partition coefficient (Wildman–Crippen LogP) is 3.55. The van der Waals surface area contributed by atoms with Crippen LogP contribution in [0.25, 0.3) is 10.9 Å². The zero-order valence-corrected chi connectivity index (χ0v) is 9.96. The maximum absolute atomic E-state index is 8.36. The Morgan fingerprint density at radius 3 is 2.56 bits per heavy atom. The summed E-state index contributed by atoms with van der Waals surface area (Å²) in [5, 5.41) is 8.91. The molecule has 0 amide bonds. The minimum atomic E-state index is -0.250. The van der Waals surface area contributed by atoms with Gasteiger partial charge in [-0.15, -0.1) is 0 Å². The number of pyridine rings is 1. The first kappa shape index (κ1) is 12.7. The molecule has 0 radical (unpaired) electrons. The molecule has 3 nitrogen and oxygen atoms in total. The third-order valence-corrected chi connectivity index (χ3v) is 2.39. The van der Waals surface area contributed by atoms with Crippen LogP contribution in [-0.4, -0.2) is 16.6 Å². The van der Waals surface area contributed by atoms with Crippen molar-refractivity contribution in [3.63, 3.8) is 0 Å². The van der Waals surface area contributed by atoms with E-state index in [0.717, 1.165) is 16.5 Å². The summed E-state index contributed by atoms with van der Waals surface area (Å²) in [4.78, 5) is 12.5. The highest BCUT2D eigenvalue weighted by Crippen LogP contribution is 2.25. The van der Waals surface area contributed by atoms with Crippen molar-refractivity contribution in [3.8, 4) is 0 Å². The van der Waals surface area contributed by atoms with E-state index in [2.05, 4.69) is 4.98 Å². The van der Waals surface area contributed by atoms with Crippen molar-refractivity contribution in [1.29, 1.82) is 0 Å². The Hall–Kier alpha value is -1.32. The van der Waals surface area contributed by atoms with Crippen LogP contribution in [0.5, 0.6) is 0 Å². The molecule has 1 aromatic carbocycles. The highest BCUT2D eigenvalue weighted by atomic mass is 35.5. The monoisotopic (exact) mass is 257 g/mol. The van der Waals surface area contributed by atoms with Gasteiger partial charge >= 0.3 is 0 Å². The molecule has 0 aliphatic rings. The molecule has 0 unspecified atom stereocenters. The summed E-state index contributed by atoms with van der Waals surface area (Å²) < 4.78 is 0. The van der Waals surface area contributed by atoms with Crippen LogP contribution in [0.15, 0.2) is 24.3 Å². The Kier molecular flexibility index (Phi) is 4.52. The molecule has 0 atom stereocenters. The molecule has 0 aliphatic carbocycles. The first-order valence-corrected chi connectivity index (χ1v) is 5.14. The Bertz CT molecular complexity index is 509. The number of aryl methyl sites for hydroxylation is 1. The summed E-state index contributed by atoms with van der Waals surface area (Å²) in [7, 11) is 0. The molecule has 2 rings (SSSR count). The second-order valence-corrected chi connectivity index (χ2v) is 3.85. The van der Waals surface area contributed by atoms with E-state index in [4.69, 9.17) is 33.1 Å². The molecule has 1 heterocycles. The molecule has 84 valence electrons. The van der Waals surface area contributed by atoms with Gasteiger partial charge in [-0.25, -0.2) is 4.98 Å². The normalized spacial score (nSPS) is 9.44. The standard InChI is InChI=1S/C10H7Cl2N.CH2O2/c1-6-2-3-7-8(11)5-10(12)13-9(7)4-6;2-1-3/h2-5H,1H3;1H,(H,2,3). The van der Waals surface area contributed by atoms with Crippen molar-refractivity contribution in [2.75, 3.05) is 0 Å². The maximum atomic E-state index is 8.36. The molecular weight excluding hydrogens is 249 g/mol. The minimum Gasteiger partial charge on any atom is -0.483 e. The highest BCUT2D eigenvalue weighted by molar-refractivity contribution is 6.37. The molecule has 1 aromatic heterocycles. The number of rotatable bonds is 0. The van der Waals surface area contributed by atoms with Gasteiger partial charge in [0, 0.05) is 5.39 Å². The number of benzene rings is 1. The topological polar surface area (TPSA) is 50.2 Å². The number of hydrogen-bond donors (Lipinski definition) is 1. The van der Waals surface area contributed by atoms with Crippen LogP contribution in [-0.2, 0) is 4.79 Å². The summed E-state index contributed by atoms with van der Waals surface area (Å²) in [6.45, 7) is 1.76. The SMILES string of the molecule is Cc1ccc2c(Cl)cc(Cl)nc2c1.O=CO. The fourth-order valence-corrected chi connectivity index (χ4v) is 1.78. The van der Waals surface area contributed by atoms with Crippen molar-refractivity contribution in [1.82, 2.24) is 4.98 Å². The van der Waals surface area contributed by atoms with E-state index in [-0.39, 0.29) is 6.47 Å². The van der Waals surface area contributed by atoms with Crippen LogP contribution in [0.2, 0.25) is 10.2 Å². The van der Waals surface area contributed by atoms with E-state index in [1.165, 1.54) is 0 Å². The second-order valence-electron chi connectivity index (χ2n) is 3.05. The number of carbonyl (C=O) groups is 1. The van der Waals surface area contributed by atoms with E-state index in [1.807, 2.05) is 25.1 Å². The van der Waals surface area contributed by atoms with Gasteiger partial charge < -0.3 is 5.11 Å². The van der Waals surface area contributed by atoms with E-state index in [9.17, 15) is 0 Å². The number of halogens is 2. The number of nitrogens with zero attached hydrogens (tertiary/aromatic N) is 1. The molecule has 16 heavy (non-hydrogen) atoms. The largest absolute Gasteiger partial charge is 0.483 e. The summed E-state index contributed by atoms with van der Waals surface area (Å²) in [6, 6.07) is 7.58. The first-order valence-electron chi connectivity index (χ1n) is 4.38. The summed E-state index contributed by atoms with van der Waals surface area (Å²) in [6.07, 6.45) is 0. The molecule has 0 bridgehead atoms. The Morgan fingerprint density at radius 1 is 1.31 bits per heavy atom. The smallest absolute Gasteiger partial charge is 0.290 e. The van der Waals surface area contributed by atoms with Crippen LogP contribution in [0.3, 0.4) is 0 Å². The molecule has 0 spiro atoms. The van der Waals surface area contributed by atoms with E-state index < -0.39 is 0 Å². The van der Waals surface area contributed by atoms with Crippen molar-refractivity contribution < 1.29 is 9.90 Å². The lowest BCUT2D eigenvalue weighted by atomic mass is 10.1. The quantitative estimate of drug-likeness (QED) is 0.580. The van der Waals surface area contributed by atoms with Gasteiger partial charge in [0.15, 0.2) is 0 Å². The van der Waals surface area contributed by atoms with Crippen LogP contribution in [0.4, 0.5) is 0 Å². The van der Waals surface area contributed by atoms with E-state index in [0.29, 0.717) is 10.2 Å². The third kappa shape index (κ3) is 3.08. The minimum absolute atomic E-state index is 0.250. The Balaban J connectivity index is 0.000000386. The van der Waals surface area contributed by atoms with Gasteiger partial charge in [-0.2, -0.15) is 0 Å². The highest BCUT2D eigenvalue weighted by Gasteiger charge is 2.02. The number of hydrogen-bond acceptors (Lipinski definition) is 2. The molecule has 1 N–H and O–H groups in total. The van der Waals surface area contributed by atoms with Gasteiger partial charge in [0.1, 0.15) is 5.15 Å². The average Bonchev–Trinajstić information content (AvgIpc) is 2.17. The van der Waals surface area contributed by atoms with E-state index in [1.54, 1.807) is 6.07 Å². The number of fused-ring (bicyclic) bond motifs is 1. The fraction of sp³-hybridized carbons (Fsp3) is 0.0909. The van der Waals surface area contributed by atoms with Gasteiger partial charge in [-0.05, 0) is 24.6 Å². The summed E-state index contributed by atoms with van der Waals surface area (Å²) in [5.41, 5.74) is 2.00. The van der Waals surface area contributed by atoms with Crippen LogP contribution >= 0.6 is 23.2 Å². The number of aromatic nitrogens is 1. The molecular formula is C11H9Cl2NO2. The van der Waals surface area contributed by atoms with Crippen molar-refractivity contribution in [2.45, 2.75) is 6.92 Å². The molecule has 0 aliphatic heterocycles. The molecule has 5 heteroatoms. The fourth-order valence-electron chi connectivity index (χ4n) is 1.27. The molecule has 0 fully saturated rings. The Morgan fingerprint density at radius 2 is 1.94 bits per heavy atom. The van der Waals surface area contributed by atoms with Crippen LogP contribution in [0, 0.1) is 6.92 Å². The second kappa shape index (κ2) is 5.68. The zero-order valence-electron chi connectivity index (χ0n) is 8.45. The van der Waals surface area contributed by atoms with Crippen molar-refractivity contribution >= 4 is 40.6 Å². The molecule has 2 aromatic rings. The molecule has 0 saturated carbocycles. The molecule has 0 saturated heterocycles. The first-order chi connectivity index (χ1) is 7.58. The lowest BCUT2D eigenvalue weighted by Gasteiger charge is -2.01. The summed E-state index contributed by atoms with van der Waals surface area (Å²) >= 11 is 11.8. The van der Waals surface area contributed by atoms with Gasteiger partial charge in [-0.1, -0.05) is 35.3 Å². The lowest BCUT2D eigenvalue weighted by Crippen LogP contribution is -1.82. The number of carboxylic acid groups (broad SMARTS) is 1. The van der Waals surface area contributed by atoms with Crippen LogP contribution < -0.4 is 0 Å². The summed E-state index contributed by atoms with van der Waals surface area (Å²) in [5.74, 6) is 0. The van der Waals surface area contributed by atoms with Crippen molar-refractivity contribution in [2.24, 2.45) is 0 Å². The van der Waals surface area contributed by atoms with Crippen molar-refractivity contribution in [3.05, 3.63) is 40.0 Å².